The summed E-state index contributed by atoms with van der Waals surface area (Å²) in [6.07, 6.45) is -4.71. The van der Waals surface area contributed by atoms with Gasteiger partial charge in [-0.2, -0.15) is 13.2 Å². The number of imidazole rings is 1. The third-order valence-corrected chi connectivity index (χ3v) is 4.39. The molecule has 0 radical (unpaired) electrons. The van der Waals surface area contributed by atoms with E-state index in [0.717, 1.165) is 9.47 Å². The number of alkyl halides is 3. The molecule has 10 heteroatoms. The third-order valence-electron chi connectivity index (χ3n) is 4.39. The topological polar surface area (TPSA) is 95.4 Å². The van der Waals surface area contributed by atoms with Gasteiger partial charge < -0.3 is 15.0 Å². The zero-order chi connectivity index (χ0) is 18.4. The van der Waals surface area contributed by atoms with E-state index in [4.69, 9.17) is 5.11 Å². The van der Waals surface area contributed by atoms with Gasteiger partial charge in [0.2, 0.25) is 5.91 Å². The third kappa shape index (κ3) is 3.11. The molecule has 0 bridgehead atoms. The van der Waals surface area contributed by atoms with E-state index in [9.17, 15) is 27.6 Å². The Bertz CT molecular complexity index is 886. The average molecular weight is 357 g/mol. The number of carbonyl (C=O) groups is 2. The summed E-state index contributed by atoms with van der Waals surface area (Å²) in [6, 6.07) is 6.58. The Hall–Kier alpha value is -2.78. The second-order valence-corrected chi connectivity index (χ2v) is 5.93. The second-order valence-electron chi connectivity index (χ2n) is 5.93. The fourth-order valence-corrected chi connectivity index (χ4v) is 3.09. The van der Waals surface area contributed by atoms with Crippen LogP contribution in [0.25, 0.3) is 11.0 Å². The number of aliphatic carboxylic acids is 1. The summed E-state index contributed by atoms with van der Waals surface area (Å²) < 4.78 is 40.1. The van der Waals surface area contributed by atoms with Crippen molar-refractivity contribution < 1.29 is 27.9 Å². The van der Waals surface area contributed by atoms with Gasteiger partial charge in [0.25, 0.3) is 0 Å². The van der Waals surface area contributed by atoms with Gasteiger partial charge in [0.05, 0.1) is 22.9 Å². The summed E-state index contributed by atoms with van der Waals surface area (Å²) in [5, 5.41) is 8.99. The number of halogens is 3. The maximum Gasteiger partial charge on any atom is 0.394 e. The van der Waals surface area contributed by atoms with Crippen molar-refractivity contribution >= 4 is 22.9 Å². The van der Waals surface area contributed by atoms with Crippen LogP contribution in [0.5, 0.6) is 0 Å². The van der Waals surface area contributed by atoms with Crippen LogP contribution in [0, 0.1) is 11.8 Å². The van der Waals surface area contributed by atoms with Crippen molar-refractivity contribution in [1.82, 2.24) is 14.5 Å². The van der Waals surface area contributed by atoms with Gasteiger partial charge in [-0.25, -0.2) is 4.79 Å². The lowest BCUT2D eigenvalue weighted by atomic mass is 9.96. The lowest BCUT2D eigenvalue weighted by Gasteiger charge is -2.18. The lowest BCUT2D eigenvalue weighted by Crippen LogP contribution is -2.36. The van der Waals surface area contributed by atoms with E-state index in [1.54, 1.807) is 24.3 Å². The highest BCUT2D eigenvalue weighted by Gasteiger charge is 2.53. The van der Waals surface area contributed by atoms with Gasteiger partial charge in [0, 0.05) is 13.1 Å². The molecule has 134 valence electrons. The molecule has 1 aliphatic heterocycles. The molecule has 2 aromatic rings. The molecule has 1 aromatic heterocycles. The van der Waals surface area contributed by atoms with Crippen LogP contribution in [0.1, 0.15) is 0 Å². The number of aromatic nitrogens is 2. The first-order valence-electron chi connectivity index (χ1n) is 7.43. The van der Waals surface area contributed by atoms with Crippen molar-refractivity contribution in [3.8, 4) is 0 Å². The first kappa shape index (κ1) is 17.1. The second kappa shape index (κ2) is 5.94. The molecule has 2 heterocycles. The van der Waals surface area contributed by atoms with Crippen molar-refractivity contribution in [2.45, 2.75) is 12.7 Å². The highest BCUT2D eigenvalue weighted by Crippen LogP contribution is 2.37. The maximum absolute atomic E-state index is 13.0. The lowest BCUT2D eigenvalue weighted by molar-refractivity contribution is -0.188. The van der Waals surface area contributed by atoms with Gasteiger partial charge in [-0.3, -0.25) is 14.2 Å². The van der Waals surface area contributed by atoms with Gasteiger partial charge in [-0.15, -0.1) is 0 Å². The fraction of sp³-hybridized carbons (Fsp3) is 0.400. The van der Waals surface area contributed by atoms with E-state index >= 15 is 0 Å². The minimum atomic E-state index is -4.71. The molecule has 1 aliphatic rings. The van der Waals surface area contributed by atoms with Crippen LogP contribution in [0.2, 0.25) is 0 Å². The number of hydrogen-bond donors (Lipinski definition) is 2. The summed E-state index contributed by atoms with van der Waals surface area (Å²) in [7, 11) is 0. The number of nitrogens with zero attached hydrogens (tertiary/aromatic N) is 2. The normalized spacial score (nSPS) is 21.0. The number of carboxylic acid groups (broad SMARTS) is 1. The number of amides is 1. The molecule has 25 heavy (non-hydrogen) atoms. The zero-order valence-corrected chi connectivity index (χ0v) is 12.8. The van der Waals surface area contributed by atoms with E-state index in [1.807, 2.05) is 0 Å². The number of carboxylic acids is 1. The van der Waals surface area contributed by atoms with Crippen molar-refractivity contribution in [1.29, 1.82) is 0 Å². The van der Waals surface area contributed by atoms with Crippen LogP contribution in [-0.2, 0) is 16.1 Å². The summed E-state index contributed by atoms with van der Waals surface area (Å²) in [5.41, 5.74) is 0.386. The molecule has 0 aliphatic carbocycles. The summed E-state index contributed by atoms with van der Waals surface area (Å²) in [6.45, 7) is -1.72. The maximum atomic E-state index is 13.0. The highest BCUT2D eigenvalue weighted by molar-refractivity contribution is 5.82. The largest absolute Gasteiger partial charge is 0.481 e. The van der Waals surface area contributed by atoms with E-state index < -0.39 is 55.2 Å². The van der Waals surface area contributed by atoms with Crippen LogP contribution in [0.3, 0.4) is 0 Å². The van der Waals surface area contributed by atoms with Gasteiger partial charge in [0.1, 0.15) is 6.54 Å². The number of carbonyl (C=O) groups excluding carboxylic acids is 1. The molecule has 0 spiro atoms. The highest BCUT2D eigenvalue weighted by atomic mass is 19.4. The number of benzene rings is 1. The molecule has 7 nitrogen and oxygen atoms in total. The van der Waals surface area contributed by atoms with E-state index in [1.165, 1.54) is 0 Å². The average Bonchev–Trinajstić information content (AvgIpc) is 3.10. The van der Waals surface area contributed by atoms with Crippen LogP contribution < -0.4 is 5.69 Å². The Morgan fingerprint density at radius 3 is 2.52 bits per heavy atom. The Kier molecular flexibility index (Phi) is 4.05. The minimum absolute atomic E-state index is 0.446. The number of aromatic amines is 1. The number of rotatable bonds is 3. The molecular weight excluding hydrogens is 343 g/mol. The smallest absolute Gasteiger partial charge is 0.394 e. The Morgan fingerprint density at radius 1 is 1.24 bits per heavy atom. The first-order chi connectivity index (χ1) is 11.7. The molecule has 1 fully saturated rings. The van der Waals surface area contributed by atoms with Gasteiger partial charge in [-0.1, -0.05) is 12.1 Å². The standard InChI is InChI=1S/C15H14F3N3O4/c16-15(17,18)9-6-20(5-8(9)13(23)24)12(22)7-21-11-4-2-1-3-10(11)19-14(21)25/h1-4,8-9H,5-7H2,(H,19,25)(H,23,24)/t8-,9-/m1/s1. The zero-order valence-electron chi connectivity index (χ0n) is 12.8. The Morgan fingerprint density at radius 2 is 1.92 bits per heavy atom. The molecule has 2 N–H and O–H groups in total. The summed E-state index contributed by atoms with van der Waals surface area (Å²) in [5.74, 6) is -6.15. The van der Waals surface area contributed by atoms with Crippen LogP contribution in [0.15, 0.2) is 29.1 Å². The SMILES string of the molecule is O=C(O)[C@@H]1CN(C(=O)Cn2c(=O)[nH]c3ccccc32)C[C@H]1C(F)(F)F. The number of H-pyrrole nitrogens is 1. The number of nitrogens with one attached hydrogen (secondary N) is 1. The van der Waals surface area contributed by atoms with Crippen molar-refractivity contribution in [3.63, 3.8) is 0 Å². The van der Waals surface area contributed by atoms with E-state index in [2.05, 4.69) is 4.98 Å². The summed E-state index contributed by atoms with van der Waals surface area (Å²) in [4.78, 5) is 38.8. The summed E-state index contributed by atoms with van der Waals surface area (Å²) >= 11 is 0. The molecule has 3 rings (SSSR count). The minimum Gasteiger partial charge on any atom is -0.481 e. The number of para-hydroxylation sites is 2. The predicted molar refractivity (Wildman–Crippen MR) is 79.8 cm³/mol. The Balaban J connectivity index is 1.83. The number of hydrogen-bond acceptors (Lipinski definition) is 3. The van der Waals surface area contributed by atoms with Crippen molar-refractivity contribution in [2.24, 2.45) is 11.8 Å². The molecule has 0 saturated carbocycles. The Labute approximate surface area is 138 Å². The molecule has 2 atom stereocenters. The van der Waals surface area contributed by atoms with E-state index in [-0.39, 0.29) is 0 Å². The molecule has 0 unspecified atom stereocenters. The van der Waals surface area contributed by atoms with Gasteiger partial charge >= 0.3 is 17.8 Å². The number of fused-ring (bicyclic) bond motifs is 1. The van der Waals surface area contributed by atoms with Crippen LogP contribution in [-0.4, -0.2) is 50.7 Å². The fourth-order valence-electron chi connectivity index (χ4n) is 3.09. The molecule has 1 aromatic carbocycles. The quantitative estimate of drug-likeness (QED) is 0.858. The number of likely N-dealkylation sites (tertiary alicyclic amines) is 1. The first-order valence-corrected chi connectivity index (χ1v) is 7.43. The van der Waals surface area contributed by atoms with Crippen LogP contribution in [0.4, 0.5) is 13.2 Å². The van der Waals surface area contributed by atoms with E-state index in [0.29, 0.717) is 11.0 Å². The van der Waals surface area contributed by atoms with Crippen LogP contribution >= 0.6 is 0 Å². The molecule has 1 saturated heterocycles. The molecule has 1 amide bonds. The monoisotopic (exact) mass is 357 g/mol. The van der Waals surface area contributed by atoms with Gasteiger partial charge in [-0.05, 0) is 12.1 Å². The predicted octanol–water partition coefficient (Wildman–Crippen LogP) is 1.05. The van der Waals surface area contributed by atoms with Crippen molar-refractivity contribution in [3.05, 3.63) is 34.7 Å². The van der Waals surface area contributed by atoms with Crippen molar-refractivity contribution in [2.75, 3.05) is 13.1 Å². The van der Waals surface area contributed by atoms with Gasteiger partial charge in [0.15, 0.2) is 0 Å². The molecular formula is C15H14F3N3O4.